The summed E-state index contributed by atoms with van der Waals surface area (Å²) in [5.41, 5.74) is -0.126. The molecule has 0 saturated heterocycles. The number of nitrogens with one attached hydrogen (secondary N) is 3. The number of carbonyl (C=O) groups is 3. The highest BCUT2D eigenvalue weighted by Crippen LogP contribution is 2.29. The SMILES string of the molecule is CN[C@H](C(=O)N[C@H](C(=O)N(C)[C@H](/C=C(\C)C(=O)NS(=O)(=O)c1cccnc1)C(C)C)C(C)(C)C)C(C)(C)c1ccccc1. The minimum atomic E-state index is -4.12. The van der Waals surface area contributed by atoms with Crippen LogP contribution in [0.15, 0.2) is 71.4 Å². The van der Waals surface area contributed by atoms with Crippen LogP contribution in [0.4, 0.5) is 0 Å². The van der Waals surface area contributed by atoms with Crippen LogP contribution in [0.2, 0.25) is 0 Å². The molecule has 10 nitrogen and oxygen atoms in total. The molecule has 1 heterocycles. The molecular formula is C32H47N5O5S. The second-order valence-corrected chi connectivity index (χ2v) is 14.5. The van der Waals surface area contributed by atoms with E-state index in [1.165, 1.54) is 30.2 Å². The van der Waals surface area contributed by atoms with Crippen LogP contribution in [0.25, 0.3) is 0 Å². The Morgan fingerprint density at radius 1 is 0.953 bits per heavy atom. The summed E-state index contributed by atoms with van der Waals surface area (Å²) in [6.07, 6.45) is 4.16. The number of sulfonamides is 1. The molecule has 236 valence electrons. The highest BCUT2D eigenvalue weighted by molar-refractivity contribution is 7.90. The fourth-order valence-electron chi connectivity index (χ4n) is 4.93. The fourth-order valence-corrected chi connectivity index (χ4v) is 5.91. The van der Waals surface area contributed by atoms with E-state index < -0.39 is 44.9 Å². The number of pyridine rings is 1. The highest BCUT2D eigenvalue weighted by atomic mass is 32.2. The largest absolute Gasteiger partial charge is 0.342 e. The number of hydrogen-bond donors (Lipinski definition) is 3. The Bertz CT molecular complexity index is 1400. The topological polar surface area (TPSA) is 138 Å². The maximum Gasteiger partial charge on any atom is 0.265 e. The Labute approximate surface area is 256 Å². The van der Waals surface area contributed by atoms with E-state index in [1.807, 2.05) is 78.8 Å². The molecule has 0 spiro atoms. The maximum absolute atomic E-state index is 14.0. The van der Waals surface area contributed by atoms with Crippen LogP contribution < -0.4 is 15.4 Å². The van der Waals surface area contributed by atoms with E-state index in [4.69, 9.17) is 0 Å². The Kier molecular flexibility index (Phi) is 11.8. The molecule has 0 aliphatic carbocycles. The molecule has 0 aliphatic heterocycles. The van der Waals surface area contributed by atoms with E-state index >= 15 is 0 Å². The zero-order chi connectivity index (χ0) is 32.8. The number of rotatable bonds is 12. The first-order chi connectivity index (χ1) is 19.8. The molecule has 3 atom stereocenters. The number of aromatic nitrogens is 1. The normalized spacial score (nSPS) is 14.9. The Morgan fingerprint density at radius 3 is 2.05 bits per heavy atom. The van der Waals surface area contributed by atoms with Crippen LogP contribution in [0, 0.1) is 11.3 Å². The first-order valence-electron chi connectivity index (χ1n) is 14.3. The molecule has 0 saturated carbocycles. The van der Waals surface area contributed by atoms with Crippen LogP contribution in [-0.4, -0.2) is 68.2 Å². The summed E-state index contributed by atoms with van der Waals surface area (Å²) in [7, 11) is -0.784. The first-order valence-corrected chi connectivity index (χ1v) is 15.8. The Morgan fingerprint density at radius 2 is 1.56 bits per heavy atom. The van der Waals surface area contributed by atoms with Crippen LogP contribution >= 0.6 is 0 Å². The van der Waals surface area contributed by atoms with Gasteiger partial charge in [-0.1, -0.05) is 84.9 Å². The average Bonchev–Trinajstić information content (AvgIpc) is 2.93. The van der Waals surface area contributed by atoms with Gasteiger partial charge in [-0.15, -0.1) is 0 Å². The summed E-state index contributed by atoms with van der Waals surface area (Å²) in [6.45, 7) is 14.9. The van der Waals surface area contributed by atoms with E-state index in [9.17, 15) is 22.8 Å². The summed E-state index contributed by atoms with van der Waals surface area (Å²) in [6, 6.07) is 10.4. The van der Waals surface area contributed by atoms with E-state index in [0.717, 1.165) is 11.8 Å². The molecule has 0 fully saturated rings. The van der Waals surface area contributed by atoms with Gasteiger partial charge in [0.2, 0.25) is 11.8 Å². The lowest BCUT2D eigenvalue weighted by Crippen LogP contribution is -2.61. The van der Waals surface area contributed by atoms with Crippen LogP contribution in [0.1, 0.15) is 61.0 Å². The summed E-state index contributed by atoms with van der Waals surface area (Å²) >= 11 is 0. The number of benzene rings is 1. The molecule has 1 aromatic carbocycles. The standard InChI is InChI=1S/C32H47N5O5S/c1-21(2)25(19-22(3)28(38)36-43(41,42)24-17-14-18-34-20-24)37(10)30(40)27(31(4,5)6)35-29(39)26(33-9)32(7,8)23-15-12-11-13-16-23/h11-21,25-27,33H,1-10H3,(H,35,39)(H,36,38)/b22-19+/t25-,26-,27-/m1/s1. The predicted molar refractivity (Wildman–Crippen MR) is 168 cm³/mol. The monoisotopic (exact) mass is 613 g/mol. The summed E-state index contributed by atoms with van der Waals surface area (Å²) in [5.74, 6) is -1.59. The third-order valence-electron chi connectivity index (χ3n) is 7.62. The van der Waals surface area contributed by atoms with Gasteiger partial charge in [-0.2, -0.15) is 0 Å². The lowest BCUT2D eigenvalue weighted by atomic mass is 9.76. The second-order valence-electron chi connectivity index (χ2n) is 12.8. The summed E-state index contributed by atoms with van der Waals surface area (Å²) in [5, 5.41) is 6.14. The van der Waals surface area contributed by atoms with Crippen molar-refractivity contribution in [3.8, 4) is 0 Å². The molecule has 3 N–H and O–H groups in total. The van der Waals surface area contributed by atoms with Gasteiger partial charge >= 0.3 is 0 Å². The molecule has 0 radical (unpaired) electrons. The first kappa shape index (κ1) is 35.6. The number of nitrogens with zero attached hydrogens (tertiary/aromatic N) is 2. The van der Waals surface area contributed by atoms with Crippen molar-refractivity contribution in [3.05, 3.63) is 72.1 Å². The maximum atomic E-state index is 14.0. The fraction of sp³-hybridized carbons (Fsp3) is 0.500. The Balaban J connectivity index is 2.33. The number of carbonyl (C=O) groups excluding carboxylic acids is 3. The lowest BCUT2D eigenvalue weighted by molar-refractivity contribution is -0.140. The number of hydrogen-bond acceptors (Lipinski definition) is 7. The van der Waals surface area contributed by atoms with E-state index in [2.05, 4.69) is 20.3 Å². The predicted octanol–water partition coefficient (Wildman–Crippen LogP) is 3.41. The van der Waals surface area contributed by atoms with Crippen molar-refractivity contribution < 1.29 is 22.8 Å². The van der Waals surface area contributed by atoms with Crippen LogP contribution in [-0.2, 0) is 29.8 Å². The van der Waals surface area contributed by atoms with Gasteiger partial charge in [0.1, 0.15) is 10.9 Å². The number of likely N-dealkylation sites (N-methyl/N-ethyl adjacent to an activating group) is 2. The second kappa shape index (κ2) is 14.3. The van der Waals surface area contributed by atoms with Crippen molar-refractivity contribution in [1.82, 2.24) is 25.2 Å². The van der Waals surface area contributed by atoms with Crippen molar-refractivity contribution in [3.63, 3.8) is 0 Å². The minimum absolute atomic E-state index is 0.127. The summed E-state index contributed by atoms with van der Waals surface area (Å²) < 4.78 is 27.3. The van der Waals surface area contributed by atoms with E-state index in [0.29, 0.717) is 0 Å². The van der Waals surface area contributed by atoms with Crippen molar-refractivity contribution >= 4 is 27.7 Å². The van der Waals surface area contributed by atoms with Gasteiger partial charge in [-0.3, -0.25) is 19.4 Å². The molecule has 0 unspecified atom stereocenters. The van der Waals surface area contributed by atoms with E-state index in [-0.39, 0.29) is 28.2 Å². The van der Waals surface area contributed by atoms with Crippen molar-refractivity contribution in [2.45, 2.75) is 83.8 Å². The molecule has 11 heteroatoms. The van der Waals surface area contributed by atoms with Gasteiger partial charge in [-0.05, 0) is 43.0 Å². The molecule has 0 bridgehead atoms. The molecule has 1 aromatic heterocycles. The van der Waals surface area contributed by atoms with Gasteiger partial charge in [-0.25, -0.2) is 13.1 Å². The zero-order valence-corrected chi connectivity index (χ0v) is 27.7. The van der Waals surface area contributed by atoms with Crippen molar-refractivity contribution in [1.29, 1.82) is 0 Å². The van der Waals surface area contributed by atoms with Crippen LogP contribution in [0.3, 0.4) is 0 Å². The smallest absolute Gasteiger partial charge is 0.265 e. The zero-order valence-electron chi connectivity index (χ0n) is 26.9. The van der Waals surface area contributed by atoms with Crippen molar-refractivity contribution in [2.75, 3.05) is 14.1 Å². The molecular weight excluding hydrogens is 566 g/mol. The third kappa shape index (κ3) is 8.96. The molecule has 3 amide bonds. The summed E-state index contributed by atoms with van der Waals surface area (Å²) in [4.78, 5) is 45.8. The average molecular weight is 614 g/mol. The third-order valence-corrected chi connectivity index (χ3v) is 8.93. The lowest BCUT2D eigenvalue weighted by Gasteiger charge is -2.40. The highest BCUT2D eigenvalue weighted by Gasteiger charge is 2.41. The molecule has 43 heavy (non-hydrogen) atoms. The molecule has 2 aromatic rings. The molecule has 0 aliphatic rings. The minimum Gasteiger partial charge on any atom is -0.342 e. The van der Waals surface area contributed by atoms with E-state index in [1.54, 1.807) is 20.2 Å². The van der Waals surface area contributed by atoms with Gasteiger partial charge in [0.25, 0.3) is 15.9 Å². The van der Waals surface area contributed by atoms with Gasteiger partial charge in [0.05, 0.1) is 12.1 Å². The number of amides is 3. The quantitative estimate of drug-likeness (QED) is 0.312. The molecule has 2 rings (SSSR count). The van der Waals surface area contributed by atoms with Gasteiger partial charge in [0, 0.05) is 30.4 Å². The van der Waals surface area contributed by atoms with Gasteiger partial charge in [0.15, 0.2) is 0 Å². The Hall–Kier alpha value is -3.57. The van der Waals surface area contributed by atoms with Crippen molar-refractivity contribution in [2.24, 2.45) is 11.3 Å². The van der Waals surface area contributed by atoms with Gasteiger partial charge < -0.3 is 15.5 Å². The van der Waals surface area contributed by atoms with Crippen LogP contribution in [0.5, 0.6) is 0 Å².